The highest BCUT2D eigenvalue weighted by molar-refractivity contribution is 6.14. The van der Waals surface area contributed by atoms with Crippen LogP contribution in [0.3, 0.4) is 0 Å². The van der Waals surface area contributed by atoms with Crippen molar-refractivity contribution in [3.63, 3.8) is 0 Å². The zero-order valence-corrected chi connectivity index (χ0v) is 16.1. The van der Waals surface area contributed by atoms with Crippen molar-refractivity contribution < 1.29 is 13.9 Å². The number of anilines is 1. The minimum absolute atomic E-state index is 0.170. The summed E-state index contributed by atoms with van der Waals surface area (Å²) in [5, 5.41) is 0. The van der Waals surface area contributed by atoms with Gasteiger partial charge in [0.15, 0.2) is 11.6 Å². The molecular weight excluding hydrogens is 359 g/mol. The number of fused-ring (bicyclic) bond motifs is 1. The van der Waals surface area contributed by atoms with E-state index in [1.165, 1.54) is 0 Å². The Bertz CT molecular complexity index is 957. The molecule has 6 nitrogen and oxygen atoms in total. The normalized spacial score (nSPS) is 22.6. The summed E-state index contributed by atoms with van der Waals surface area (Å²) in [4.78, 5) is 15.7. The van der Waals surface area contributed by atoms with Crippen molar-refractivity contribution in [1.82, 2.24) is 9.97 Å². The molecule has 5 rings (SSSR count). The number of aromatic nitrogens is 2. The molecule has 0 spiro atoms. The molecule has 0 unspecified atom stereocenters. The second-order valence-corrected chi connectivity index (χ2v) is 8.05. The SMILES string of the molecule is C[C@H]1CN(c2cc(C3=NCc4cc(F)c(OC5(C)CC5)cc43)ncn2)CCO1. The van der Waals surface area contributed by atoms with Crippen LogP contribution in [0.25, 0.3) is 0 Å². The monoisotopic (exact) mass is 382 g/mol. The Morgan fingerprint density at radius 1 is 1.25 bits per heavy atom. The zero-order valence-electron chi connectivity index (χ0n) is 16.1. The van der Waals surface area contributed by atoms with E-state index in [2.05, 4.69) is 26.8 Å². The van der Waals surface area contributed by atoms with Crippen molar-refractivity contribution in [2.24, 2.45) is 4.99 Å². The highest BCUT2D eigenvalue weighted by Gasteiger charge is 2.41. The van der Waals surface area contributed by atoms with E-state index in [9.17, 15) is 4.39 Å². The van der Waals surface area contributed by atoms with Gasteiger partial charge >= 0.3 is 0 Å². The highest BCUT2D eigenvalue weighted by Crippen LogP contribution is 2.41. The molecule has 1 atom stereocenters. The third-order valence-electron chi connectivity index (χ3n) is 5.59. The molecule has 2 aromatic rings. The van der Waals surface area contributed by atoms with Gasteiger partial charge in [0, 0.05) is 24.7 Å². The lowest BCUT2D eigenvalue weighted by Crippen LogP contribution is -2.41. The number of morpholine rings is 1. The molecule has 1 saturated heterocycles. The van der Waals surface area contributed by atoms with Crippen LogP contribution in [0, 0.1) is 5.82 Å². The number of benzene rings is 1. The summed E-state index contributed by atoms with van der Waals surface area (Å²) in [7, 11) is 0. The van der Waals surface area contributed by atoms with E-state index < -0.39 is 0 Å². The quantitative estimate of drug-likeness (QED) is 0.813. The van der Waals surface area contributed by atoms with Crippen LogP contribution in [-0.2, 0) is 11.3 Å². The van der Waals surface area contributed by atoms with Gasteiger partial charge in [0.2, 0.25) is 0 Å². The minimum atomic E-state index is -0.325. The van der Waals surface area contributed by atoms with Crippen LogP contribution in [0.2, 0.25) is 0 Å². The summed E-state index contributed by atoms with van der Waals surface area (Å²) in [6.45, 7) is 6.79. The van der Waals surface area contributed by atoms with Crippen LogP contribution in [0.5, 0.6) is 5.75 Å². The maximum absolute atomic E-state index is 14.5. The van der Waals surface area contributed by atoms with E-state index in [4.69, 9.17) is 9.47 Å². The molecule has 0 radical (unpaired) electrons. The van der Waals surface area contributed by atoms with E-state index >= 15 is 0 Å². The Morgan fingerprint density at radius 3 is 2.89 bits per heavy atom. The largest absolute Gasteiger partial charge is 0.484 e. The Balaban J connectivity index is 1.46. The molecule has 1 saturated carbocycles. The molecule has 1 aliphatic carbocycles. The van der Waals surface area contributed by atoms with Crippen molar-refractivity contribution in [1.29, 1.82) is 0 Å². The average Bonchev–Trinajstić information content (AvgIpc) is 3.27. The van der Waals surface area contributed by atoms with Gasteiger partial charge in [-0.05, 0) is 44.4 Å². The summed E-state index contributed by atoms with van der Waals surface area (Å²) in [5.41, 5.74) is 3.03. The van der Waals surface area contributed by atoms with Gasteiger partial charge in [-0.1, -0.05) is 0 Å². The first-order valence-electron chi connectivity index (χ1n) is 9.76. The molecule has 3 heterocycles. The zero-order chi connectivity index (χ0) is 19.3. The highest BCUT2D eigenvalue weighted by atomic mass is 19.1. The van der Waals surface area contributed by atoms with Gasteiger partial charge in [-0.2, -0.15) is 0 Å². The van der Waals surface area contributed by atoms with Crippen molar-refractivity contribution in [3.05, 3.63) is 47.2 Å². The first-order valence-corrected chi connectivity index (χ1v) is 9.76. The number of aliphatic imine (C=N–C) groups is 1. The van der Waals surface area contributed by atoms with Gasteiger partial charge in [-0.15, -0.1) is 0 Å². The minimum Gasteiger partial charge on any atom is -0.484 e. The first kappa shape index (κ1) is 17.6. The summed E-state index contributed by atoms with van der Waals surface area (Å²) in [5.74, 6) is 0.832. The summed E-state index contributed by atoms with van der Waals surface area (Å²) in [6, 6.07) is 5.27. The van der Waals surface area contributed by atoms with Crippen LogP contribution >= 0.6 is 0 Å². The van der Waals surface area contributed by atoms with Crippen molar-refractivity contribution in [3.8, 4) is 5.75 Å². The second-order valence-electron chi connectivity index (χ2n) is 8.05. The van der Waals surface area contributed by atoms with Gasteiger partial charge in [-0.3, -0.25) is 4.99 Å². The molecule has 3 aliphatic rings. The van der Waals surface area contributed by atoms with E-state index in [1.54, 1.807) is 18.5 Å². The fourth-order valence-corrected chi connectivity index (χ4v) is 3.71. The number of ether oxygens (including phenoxy) is 2. The first-order chi connectivity index (χ1) is 13.5. The van der Waals surface area contributed by atoms with Gasteiger partial charge in [0.1, 0.15) is 17.7 Å². The topological polar surface area (TPSA) is 59.8 Å². The predicted molar refractivity (Wildman–Crippen MR) is 104 cm³/mol. The number of hydrogen-bond donors (Lipinski definition) is 0. The predicted octanol–water partition coefficient (Wildman–Crippen LogP) is 3.12. The third-order valence-corrected chi connectivity index (χ3v) is 5.59. The van der Waals surface area contributed by atoms with Crippen LogP contribution in [0.1, 0.15) is 43.5 Å². The summed E-state index contributed by atoms with van der Waals surface area (Å²) >= 11 is 0. The van der Waals surface area contributed by atoms with Crippen LogP contribution in [0.4, 0.5) is 10.2 Å². The van der Waals surface area contributed by atoms with Gasteiger partial charge in [-0.25, -0.2) is 14.4 Å². The molecule has 2 fully saturated rings. The van der Waals surface area contributed by atoms with Gasteiger partial charge in [0.05, 0.1) is 30.7 Å². The van der Waals surface area contributed by atoms with E-state index in [0.717, 1.165) is 54.3 Å². The van der Waals surface area contributed by atoms with Crippen LogP contribution in [-0.4, -0.2) is 47.1 Å². The lowest BCUT2D eigenvalue weighted by Gasteiger charge is -2.32. The fourth-order valence-electron chi connectivity index (χ4n) is 3.71. The smallest absolute Gasteiger partial charge is 0.165 e. The van der Waals surface area contributed by atoms with Crippen LogP contribution in [0.15, 0.2) is 29.5 Å². The lowest BCUT2D eigenvalue weighted by atomic mass is 10.0. The van der Waals surface area contributed by atoms with E-state index in [1.807, 2.05) is 13.0 Å². The lowest BCUT2D eigenvalue weighted by molar-refractivity contribution is 0.0529. The molecule has 2 aliphatic heterocycles. The Kier molecular flexibility index (Phi) is 4.08. The molecule has 0 N–H and O–H groups in total. The molecule has 1 aromatic carbocycles. The summed E-state index contributed by atoms with van der Waals surface area (Å²) < 4.78 is 26.0. The maximum Gasteiger partial charge on any atom is 0.165 e. The molecule has 146 valence electrons. The molecule has 7 heteroatoms. The molecule has 0 amide bonds. The van der Waals surface area contributed by atoms with Gasteiger partial charge < -0.3 is 14.4 Å². The summed E-state index contributed by atoms with van der Waals surface area (Å²) in [6.07, 6.45) is 3.65. The molecular formula is C21H23FN4O2. The van der Waals surface area contributed by atoms with Crippen molar-refractivity contribution in [2.45, 2.75) is 44.9 Å². The van der Waals surface area contributed by atoms with E-state index in [-0.39, 0.29) is 17.5 Å². The van der Waals surface area contributed by atoms with E-state index in [0.29, 0.717) is 18.9 Å². The van der Waals surface area contributed by atoms with Crippen molar-refractivity contribution >= 4 is 11.5 Å². The second kappa shape index (κ2) is 6.51. The average molecular weight is 382 g/mol. The van der Waals surface area contributed by atoms with Gasteiger partial charge in [0.25, 0.3) is 0 Å². The Hall–Kier alpha value is -2.54. The molecule has 1 aromatic heterocycles. The number of rotatable bonds is 4. The number of halogens is 1. The molecule has 0 bridgehead atoms. The maximum atomic E-state index is 14.5. The molecule has 28 heavy (non-hydrogen) atoms. The third kappa shape index (κ3) is 3.24. The fraction of sp³-hybridized carbons (Fsp3) is 0.476. The Morgan fingerprint density at radius 2 is 2.11 bits per heavy atom. The van der Waals surface area contributed by atoms with Crippen LogP contribution < -0.4 is 9.64 Å². The standard InChI is InChI=1S/C21H23FN4O2/c1-13-11-26(5-6-27-13)19-9-17(24-12-25-19)20-15-8-18(28-21(2)3-4-21)16(22)7-14(15)10-23-20/h7-9,12-13H,3-6,10-11H2,1-2H3/t13-/m0/s1. The number of nitrogens with zero attached hydrogens (tertiary/aromatic N) is 4. The van der Waals surface area contributed by atoms with Crippen molar-refractivity contribution in [2.75, 3.05) is 24.6 Å². The number of hydrogen-bond acceptors (Lipinski definition) is 6. The Labute approximate surface area is 163 Å².